The molecule has 0 fully saturated rings. The Hall–Kier alpha value is -1.90. The minimum atomic E-state index is -1.07. The Morgan fingerprint density at radius 1 is 1.21 bits per heavy atom. The van der Waals surface area contributed by atoms with Crippen LogP contribution < -0.4 is 0 Å². The number of aliphatic carboxylic acids is 1. The highest BCUT2D eigenvalue weighted by atomic mass is 16.4. The van der Waals surface area contributed by atoms with Crippen LogP contribution in [0.3, 0.4) is 0 Å². The molecule has 0 unspecified atom stereocenters. The minimum Gasteiger partial charge on any atom is -0.478 e. The lowest BCUT2D eigenvalue weighted by molar-refractivity contribution is -0.132. The summed E-state index contributed by atoms with van der Waals surface area (Å²) in [6.07, 6.45) is 1.12. The van der Waals surface area contributed by atoms with Gasteiger partial charge in [0.25, 0.3) is 0 Å². The van der Waals surface area contributed by atoms with E-state index in [9.17, 15) is 9.59 Å². The Morgan fingerprint density at radius 2 is 1.79 bits per heavy atom. The molecule has 0 spiro atoms. The van der Waals surface area contributed by atoms with Gasteiger partial charge in [-0.25, -0.2) is 4.79 Å². The zero-order chi connectivity index (χ0) is 10.6. The Bertz CT molecular complexity index is 377. The van der Waals surface area contributed by atoms with Gasteiger partial charge in [0, 0.05) is 11.1 Å². The molecule has 0 aliphatic heterocycles. The average Bonchev–Trinajstić information content (AvgIpc) is 2.19. The predicted octanol–water partition coefficient (Wildman–Crippen LogP) is 1.90. The van der Waals surface area contributed by atoms with E-state index >= 15 is 0 Å². The van der Waals surface area contributed by atoms with Crippen molar-refractivity contribution in [2.24, 2.45) is 0 Å². The molecule has 0 aromatic heterocycles. The number of carboxylic acid groups (broad SMARTS) is 1. The van der Waals surface area contributed by atoms with Gasteiger partial charge in [-0.15, -0.1) is 0 Å². The molecular weight excluding hydrogens is 180 g/mol. The second-order valence-corrected chi connectivity index (χ2v) is 2.86. The number of ketones is 1. The van der Waals surface area contributed by atoms with Gasteiger partial charge in [0.2, 0.25) is 0 Å². The van der Waals surface area contributed by atoms with E-state index in [0.29, 0.717) is 5.56 Å². The number of allylic oxidation sites excluding steroid dienone is 1. The number of benzene rings is 1. The molecule has 0 aliphatic rings. The Balaban J connectivity index is 2.88. The fourth-order valence-electron chi connectivity index (χ4n) is 0.944. The van der Waals surface area contributed by atoms with Gasteiger partial charge >= 0.3 is 5.97 Å². The predicted molar refractivity (Wildman–Crippen MR) is 52.2 cm³/mol. The number of carbonyl (C=O) groups excluding carboxylic acids is 1. The molecule has 0 saturated carbocycles. The van der Waals surface area contributed by atoms with Gasteiger partial charge in [-0.3, -0.25) is 4.79 Å². The first-order chi connectivity index (χ1) is 6.61. The van der Waals surface area contributed by atoms with Crippen LogP contribution in [0.1, 0.15) is 17.3 Å². The minimum absolute atomic E-state index is 0.0406. The summed E-state index contributed by atoms with van der Waals surface area (Å²) < 4.78 is 0. The van der Waals surface area contributed by atoms with Crippen LogP contribution in [0.2, 0.25) is 0 Å². The van der Waals surface area contributed by atoms with E-state index < -0.39 is 5.97 Å². The Morgan fingerprint density at radius 3 is 2.29 bits per heavy atom. The number of rotatable bonds is 3. The van der Waals surface area contributed by atoms with Crippen LogP contribution in [-0.4, -0.2) is 16.9 Å². The fraction of sp³-hybridized carbons (Fsp3) is 0.0909. The molecule has 0 bridgehead atoms. The number of carboxylic acids is 1. The van der Waals surface area contributed by atoms with E-state index in [1.807, 2.05) is 0 Å². The van der Waals surface area contributed by atoms with E-state index in [1.165, 1.54) is 6.92 Å². The molecule has 3 heteroatoms. The maximum absolute atomic E-state index is 11.4. The lowest BCUT2D eigenvalue weighted by atomic mass is 10.1. The monoisotopic (exact) mass is 190 g/mol. The van der Waals surface area contributed by atoms with Crippen molar-refractivity contribution in [3.8, 4) is 0 Å². The molecule has 72 valence electrons. The zero-order valence-electron chi connectivity index (χ0n) is 7.73. The second kappa shape index (κ2) is 4.37. The quantitative estimate of drug-likeness (QED) is 0.585. The third kappa shape index (κ3) is 2.55. The van der Waals surface area contributed by atoms with E-state index in [0.717, 1.165) is 6.08 Å². The molecule has 0 radical (unpaired) electrons. The normalized spacial score (nSPS) is 11.1. The number of hydrogen-bond donors (Lipinski definition) is 1. The standard InChI is InChI=1S/C11H10O3/c1-8(11(13)14)7-10(12)9-5-3-2-4-6-9/h2-7H,1H3,(H,13,14)/b8-7+. The number of carbonyl (C=O) groups is 2. The first-order valence-electron chi connectivity index (χ1n) is 4.12. The molecule has 1 aromatic carbocycles. The van der Waals surface area contributed by atoms with Crippen molar-refractivity contribution in [1.29, 1.82) is 0 Å². The van der Waals surface area contributed by atoms with Gasteiger partial charge in [0.1, 0.15) is 0 Å². The van der Waals surface area contributed by atoms with Crippen LogP contribution in [0.15, 0.2) is 42.0 Å². The van der Waals surface area contributed by atoms with Crippen molar-refractivity contribution in [3.63, 3.8) is 0 Å². The molecule has 0 atom stereocenters. The summed E-state index contributed by atoms with van der Waals surface area (Å²) in [6, 6.07) is 8.56. The summed E-state index contributed by atoms with van der Waals surface area (Å²) in [5.41, 5.74) is 0.534. The van der Waals surface area contributed by atoms with Crippen LogP contribution in [0.25, 0.3) is 0 Å². The molecule has 1 rings (SSSR count). The fourth-order valence-corrected chi connectivity index (χ4v) is 0.944. The number of hydrogen-bond acceptors (Lipinski definition) is 2. The molecule has 0 aliphatic carbocycles. The van der Waals surface area contributed by atoms with E-state index in [2.05, 4.69) is 0 Å². The molecular formula is C11H10O3. The lowest BCUT2D eigenvalue weighted by Gasteiger charge is -1.95. The van der Waals surface area contributed by atoms with Crippen LogP contribution >= 0.6 is 0 Å². The third-order valence-electron chi connectivity index (χ3n) is 1.74. The average molecular weight is 190 g/mol. The first-order valence-corrected chi connectivity index (χ1v) is 4.12. The Kier molecular flexibility index (Phi) is 3.18. The van der Waals surface area contributed by atoms with Gasteiger partial charge in [-0.05, 0) is 13.0 Å². The van der Waals surface area contributed by atoms with Crippen molar-refractivity contribution in [2.45, 2.75) is 6.92 Å². The lowest BCUT2D eigenvalue weighted by Crippen LogP contribution is -2.01. The smallest absolute Gasteiger partial charge is 0.331 e. The highest BCUT2D eigenvalue weighted by Gasteiger charge is 2.05. The van der Waals surface area contributed by atoms with E-state index in [4.69, 9.17) is 5.11 Å². The largest absolute Gasteiger partial charge is 0.478 e. The first kappa shape index (κ1) is 10.2. The Labute approximate surface area is 81.7 Å². The highest BCUT2D eigenvalue weighted by Crippen LogP contribution is 2.03. The van der Waals surface area contributed by atoms with Crippen molar-refractivity contribution in [3.05, 3.63) is 47.5 Å². The maximum atomic E-state index is 11.4. The molecule has 3 nitrogen and oxygen atoms in total. The highest BCUT2D eigenvalue weighted by molar-refractivity contribution is 6.08. The van der Waals surface area contributed by atoms with Crippen LogP contribution in [0.4, 0.5) is 0 Å². The van der Waals surface area contributed by atoms with Gasteiger partial charge in [0.05, 0.1) is 0 Å². The molecule has 14 heavy (non-hydrogen) atoms. The van der Waals surface area contributed by atoms with Gasteiger partial charge in [-0.2, -0.15) is 0 Å². The van der Waals surface area contributed by atoms with Crippen molar-refractivity contribution in [1.82, 2.24) is 0 Å². The van der Waals surface area contributed by atoms with Crippen molar-refractivity contribution >= 4 is 11.8 Å². The zero-order valence-corrected chi connectivity index (χ0v) is 7.73. The van der Waals surface area contributed by atoms with Gasteiger partial charge < -0.3 is 5.11 Å². The van der Waals surface area contributed by atoms with E-state index in [-0.39, 0.29) is 11.4 Å². The van der Waals surface area contributed by atoms with Crippen molar-refractivity contribution < 1.29 is 14.7 Å². The molecule has 1 N–H and O–H groups in total. The summed E-state index contributed by atoms with van der Waals surface area (Å²) in [6.45, 7) is 1.39. The summed E-state index contributed by atoms with van der Waals surface area (Å²) in [7, 11) is 0. The van der Waals surface area contributed by atoms with Crippen LogP contribution in [0.5, 0.6) is 0 Å². The van der Waals surface area contributed by atoms with E-state index in [1.54, 1.807) is 30.3 Å². The topological polar surface area (TPSA) is 54.4 Å². The summed E-state index contributed by atoms with van der Waals surface area (Å²) in [5, 5.41) is 8.56. The summed E-state index contributed by atoms with van der Waals surface area (Å²) in [4.78, 5) is 21.9. The van der Waals surface area contributed by atoms with Crippen LogP contribution in [-0.2, 0) is 4.79 Å². The molecule has 0 amide bonds. The summed E-state index contributed by atoms with van der Waals surface area (Å²) >= 11 is 0. The van der Waals surface area contributed by atoms with Crippen molar-refractivity contribution in [2.75, 3.05) is 0 Å². The third-order valence-corrected chi connectivity index (χ3v) is 1.74. The summed E-state index contributed by atoms with van der Waals surface area (Å²) in [5.74, 6) is -1.36. The molecule has 1 aromatic rings. The van der Waals surface area contributed by atoms with Gasteiger partial charge in [-0.1, -0.05) is 30.3 Å². The second-order valence-electron chi connectivity index (χ2n) is 2.86. The van der Waals surface area contributed by atoms with Gasteiger partial charge in [0.15, 0.2) is 5.78 Å². The SMILES string of the molecule is C/C(=C\C(=O)c1ccccc1)C(=O)O. The maximum Gasteiger partial charge on any atom is 0.331 e. The molecule has 0 saturated heterocycles. The molecule has 0 heterocycles. The van der Waals surface area contributed by atoms with Crippen LogP contribution in [0, 0.1) is 0 Å².